The summed E-state index contributed by atoms with van der Waals surface area (Å²) in [6.45, 7) is 7.34. The molecule has 0 fully saturated rings. The molecule has 1 aromatic heterocycles. The minimum absolute atomic E-state index is 0.0311. The van der Waals surface area contributed by atoms with E-state index in [1.54, 1.807) is 13.8 Å². The van der Waals surface area contributed by atoms with Crippen LogP contribution in [0.4, 0.5) is 0 Å². The standard InChI is InChI=1S/C23H26N2O3/c1-5-22-24-20-13-18(16(4)26)8-11-21(20)25(22)19-9-6-17(7-10-19)12-14(2)15(3)23(27)28/h6-11,13-15H,5,12H2,1-4H3,(H,27,28)/t14-,15?/m0/s1. The number of ketones is 1. The number of carboxylic acid groups (broad SMARTS) is 1. The van der Waals surface area contributed by atoms with Gasteiger partial charge in [0.15, 0.2) is 5.78 Å². The molecule has 5 nitrogen and oxygen atoms in total. The molecule has 3 rings (SSSR count). The Labute approximate surface area is 165 Å². The molecule has 146 valence electrons. The first-order chi connectivity index (χ1) is 13.3. The Morgan fingerprint density at radius 3 is 2.36 bits per heavy atom. The van der Waals surface area contributed by atoms with Crippen molar-refractivity contribution in [2.24, 2.45) is 11.8 Å². The summed E-state index contributed by atoms with van der Waals surface area (Å²) < 4.78 is 2.12. The predicted molar refractivity (Wildman–Crippen MR) is 110 cm³/mol. The zero-order valence-electron chi connectivity index (χ0n) is 16.8. The van der Waals surface area contributed by atoms with Gasteiger partial charge in [0.25, 0.3) is 0 Å². The second kappa shape index (κ2) is 7.97. The molecule has 0 amide bonds. The molecule has 3 aromatic rings. The molecule has 2 atom stereocenters. The van der Waals surface area contributed by atoms with Crippen LogP contribution < -0.4 is 0 Å². The van der Waals surface area contributed by atoms with Crippen molar-refractivity contribution in [3.05, 3.63) is 59.4 Å². The molecular weight excluding hydrogens is 352 g/mol. The van der Waals surface area contributed by atoms with Gasteiger partial charge in [-0.15, -0.1) is 0 Å². The van der Waals surface area contributed by atoms with Gasteiger partial charge in [0.1, 0.15) is 5.82 Å². The van der Waals surface area contributed by atoms with Gasteiger partial charge in [0, 0.05) is 17.7 Å². The Kier molecular flexibility index (Phi) is 5.63. The number of hydrogen-bond donors (Lipinski definition) is 1. The van der Waals surface area contributed by atoms with E-state index in [1.807, 2.05) is 37.3 Å². The maximum absolute atomic E-state index is 11.7. The largest absolute Gasteiger partial charge is 0.481 e. The van der Waals surface area contributed by atoms with Crippen LogP contribution >= 0.6 is 0 Å². The van der Waals surface area contributed by atoms with E-state index in [-0.39, 0.29) is 17.6 Å². The number of fused-ring (bicyclic) bond motifs is 1. The second-order valence-electron chi connectivity index (χ2n) is 7.45. The molecule has 1 N–H and O–H groups in total. The molecule has 0 aliphatic carbocycles. The molecule has 0 aliphatic rings. The number of nitrogens with zero attached hydrogens (tertiary/aromatic N) is 2. The van der Waals surface area contributed by atoms with Crippen molar-refractivity contribution in [1.82, 2.24) is 9.55 Å². The third kappa shape index (κ3) is 3.84. The summed E-state index contributed by atoms with van der Waals surface area (Å²) in [5.41, 5.74) is 4.58. The monoisotopic (exact) mass is 378 g/mol. The lowest BCUT2D eigenvalue weighted by Gasteiger charge is -2.16. The fourth-order valence-electron chi connectivity index (χ4n) is 3.45. The van der Waals surface area contributed by atoms with Gasteiger partial charge >= 0.3 is 5.97 Å². The molecule has 0 aliphatic heterocycles. The van der Waals surface area contributed by atoms with Crippen molar-refractivity contribution in [3.8, 4) is 5.69 Å². The number of aliphatic carboxylic acids is 1. The molecule has 1 heterocycles. The maximum atomic E-state index is 11.7. The number of aryl methyl sites for hydroxylation is 1. The molecule has 5 heteroatoms. The highest BCUT2D eigenvalue weighted by molar-refractivity contribution is 5.97. The Morgan fingerprint density at radius 2 is 1.79 bits per heavy atom. The van der Waals surface area contributed by atoms with Crippen LogP contribution in [0.1, 0.15) is 49.4 Å². The van der Waals surface area contributed by atoms with Gasteiger partial charge in [-0.2, -0.15) is 0 Å². The lowest BCUT2D eigenvalue weighted by atomic mass is 9.90. The van der Waals surface area contributed by atoms with Gasteiger partial charge in [-0.3, -0.25) is 14.2 Å². The minimum atomic E-state index is -0.758. The summed E-state index contributed by atoms with van der Waals surface area (Å²) >= 11 is 0. The molecule has 0 spiro atoms. The molecular formula is C23H26N2O3. The predicted octanol–water partition coefficient (Wildman–Crippen LogP) is 4.69. The molecule has 2 aromatic carbocycles. The van der Waals surface area contributed by atoms with Gasteiger partial charge in [-0.05, 0) is 55.2 Å². The zero-order valence-corrected chi connectivity index (χ0v) is 16.8. The quantitative estimate of drug-likeness (QED) is 0.606. The van der Waals surface area contributed by atoms with E-state index in [9.17, 15) is 14.7 Å². The Bertz CT molecular complexity index is 1020. The van der Waals surface area contributed by atoms with E-state index in [2.05, 4.69) is 23.6 Å². The van der Waals surface area contributed by atoms with Gasteiger partial charge < -0.3 is 5.11 Å². The van der Waals surface area contributed by atoms with Gasteiger partial charge in [-0.1, -0.05) is 32.9 Å². The van der Waals surface area contributed by atoms with E-state index in [4.69, 9.17) is 4.98 Å². The lowest BCUT2D eigenvalue weighted by Crippen LogP contribution is -2.19. The molecule has 28 heavy (non-hydrogen) atoms. The van der Waals surface area contributed by atoms with Crippen LogP contribution in [0, 0.1) is 11.8 Å². The first-order valence-electron chi connectivity index (χ1n) is 9.66. The molecule has 0 saturated carbocycles. The third-order valence-corrected chi connectivity index (χ3v) is 5.44. The van der Waals surface area contributed by atoms with Crippen LogP contribution in [-0.2, 0) is 17.6 Å². The topological polar surface area (TPSA) is 72.2 Å². The van der Waals surface area contributed by atoms with Crippen molar-refractivity contribution in [2.45, 2.75) is 40.5 Å². The van der Waals surface area contributed by atoms with Crippen LogP contribution in [-0.4, -0.2) is 26.4 Å². The summed E-state index contributed by atoms with van der Waals surface area (Å²) in [4.78, 5) is 27.5. The lowest BCUT2D eigenvalue weighted by molar-refractivity contribution is -0.142. The highest BCUT2D eigenvalue weighted by Crippen LogP contribution is 2.25. The molecule has 0 bridgehead atoms. The fraction of sp³-hybridized carbons (Fsp3) is 0.348. The highest BCUT2D eigenvalue weighted by Gasteiger charge is 2.19. The summed E-state index contributed by atoms with van der Waals surface area (Å²) in [5.74, 6) is -0.0977. The first kappa shape index (κ1) is 19.8. The number of Topliss-reactive ketones (excluding diaryl/α,β-unsaturated/α-hetero) is 1. The third-order valence-electron chi connectivity index (χ3n) is 5.44. The highest BCUT2D eigenvalue weighted by atomic mass is 16.4. The average Bonchev–Trinajstić information content (AvgIpc) is 3.05. The van der Waals surface area contributed by atoms with E-state index < -0.39 is 5.97 Å². The minimum Gasteiger partial charge on any atom is -0.481 e. The number of rotatable bonds is 7. The van der Waals surface area contributed by atoms with Crippen LogP contribution in [0.25, 0.3) is 16.7 Å². The smallest absolute Gasteiger partial charge is 0.306 e. The molecule has 0 radical (unpaired) electrons. The van der Waals surface area contributed by atoms with E-state index in [0.717, 1.165) is 41.0 Å². The van der Waals surface area contributed by atoms with Gasteiger partial charge in [0.2, 0.25) is 0 Å². The van der Waals surface area contributed by atoms with E-state index >= 15 is 0 Å². The van der Waals surface area contributed by atoms with E-state index in [0.29, 0.717) is 5.56 Å². The summed E-state index contributed by atoms with van der Waals surface area (Å²) in [6.07, 6.45) is 1.50. The van der Waals surface area contributed by atoms with E-state index in [1.165, 1.54) is 0 Å². The fourth-order valence-corrected chi connectivity index (χ4v) is 3.45. The SMILES string of the molecule is CCc1nc2cc(C(C)=O)ccc2n1-c1ccc(C[C@H](C)C(C)C(=O)O)cc1. The zero-order chi connectivity index (χ0) is 20.4. The first-order valence-corrected chi connectivity index (χ1v) is 9.66. The van der Waals surface area contributed by atoms with Crippen molar-refractivity contribution >= 4 is 22.8 Å². The van der Waals surface area contributed by atoms with Gasteiger partial charge in [-0.25, -0.2) is 4.98 Å². The number of imidazole rings is 1. The van der Waals surface area contributed by atoms with Crippen LogP contribution in [0.2, 0.25) is 0 Å². The summed E-state index contributed by atoms with van der Waals surface area (Å²) in [7, 11) is 0. The Morgan fingerprint density at radius 1 is 1.11 bits per heavy atom. The van der Waals surface area contributed by atoms with Crippen molar-refractivity contribution < 1.29 is 14.7 Å². The Hall–Kier alpha value is -2.95. The van der Waals surface area contributed by atoms with Crippen LogP contribution in [0.15, 0.2) is 42.5 Å². The molecule has 1 unspecified atom stereocenters. The Balaban J connectivity index is 1.94. The number of aromatic nitrogens is 2. The number of benzene rings is 2. The molecule has 0 saturated heterocycles. The number of carbonyl (C=O) groups excluding carboxylic acids is 1. The second-order valence-corrected chi connectivity index (χ2v) is 7.45. The van der Waals surface area contributed by atoms with Crippen molar-refractivity contribution in [2.75, 3.05) is 0 Å². The number of carboxylic acids is 1. The number of hydrogen-bond acceptors (Lipinski definition) is 3. The summed E-state index contributed by atoms with van der Waals surface area (Å²) in [5, 5.41) is 9.18. The maximum Gasteiger partial charge on any atom is 0.306 e. The normalized spacial score (nSPS) is 13.4. The van der Waals surface area contributed by atoms with Crippen LogP contribution in [0.5, 0.6) is 0 Å². The number of carbonyl (C=O) groups is 2. The van der Waals surface area contributed by atoms with Crippen molar-refractivity contribution in [3.63, 3.8) is 0 Å². The average molecular weight is 378 g/mol. The summed E-state index contributed by atoms with van der Waals surface area (Å²) in [6, 6.07) is 13.8. The van der Waals surface area contributed by atoms with Gasteiger partial charge in [0.05, 0.1) is 17.0 Å². The van der Waals surface area contributed by atoms with Crippen LogP contribution in [0.3, 0.4) is 0 Å². The van der Waals surface area contributed by atoms with Crippen molar-refractivity contribution in [1.29, 1.82) is 0 Å².